The van der Waals surface area contributed by atoms with Crippen molar-refractivity contribution in [3.8, 4) is 28.6 Å². The maximum absolute atomic E-state index is 12.4. The van der Waals surface area contributed by atoms with Crippen LogP contribution in [0.15, 0.2) is 71.6 Å². The molecule has 3 heterocycles. The third-order valence-corrected chi connectivity index (χ3v) is 4.32. The molecule has 9 heteroatoms. The molecule has 31 heavy (non-hydrogen) atoms. The number of carboxylic acid groups (broad SMARTS) is 1. The molecule has 4 aromatic rings. The second-order valence-corrected chi connectivity index (χ2v) is 6.39. The number of nitrogens with one attached hydrogen (secondary N) is 2. The molecule has 3 N–H and O–H groups in total. The number of hydrogen-bond acceptors (Lipinski definition) is 6. The Labute approximate surface area is 176 Å². The summed E-state index contributed by atoms with van der Waals surface area (Å²) in [5.74, 6) is -0.0947. The van der Waals surface area contributed by atoms with E-state index in [1.54, 1.807) is 48.7 Å². The van der Waals surface area contributed by atoms with Gasteiger partial charge in [0.25, 0.3) is 5.91 Å². The average molecular weight is 419 g/mol. The summed E-state index contributed by atoms with van der Waals surface area (Å²) >= 11 is 0. The van der Waals surface area contributed by atoms with Crippen molar-refractivity contribution >= 4 is 17.6 Å². The molecule has 1 aromatic carbocycles. The lowest BCUT2D eigenvalue weighted by molar-refractivity contribution is 0.0697. The Morgan fingerprint density at radius 3 is 2.74 bits per heavy atom. The number of anilines is 1. The van der Waals surface area contributed by atoms with Crippen LogP contribution in [0.3, 0.4) is 0 Å². The first-order chi connectivity index (χ1) is 15.0. The van der Waals surface area contributed by atoms with E-state index < -0.39 is 11.9 Å². The fourth-order valence-corrected chi connectivity index (χ4v) is 2.87. The quantitative estimate of drug-likeness (QED) is 0.405. The van der Waals surface area contributed by atoms with Gasteiger partial charge in [0.15, 0.2) is 5.75 Å². The number of benzene rings is 1. The van der Waals surface area contributed by atoms with Crippen molar-refractivity contribution in [2.45, 2.75) is 0 Å². The van der Waals surface area contributed by atoms with Crippen molar-refractivity contribution in [3.63, 3.8) is 0 Å². The Morgan fingerprint density at radius 2 is 1.97 bits per heavy atom. The molecule has 1 amide bonds. The van der Waals surface area contributed by atoms with Crippen molar-refractivity contribution < 1.29 is 28.6 Å². The zero-order chi connectivity index (χ0) is 21.8. The van der Waals surface area contributed by atoms with E-state index in [9.17, 15) is 9.59 Å². The summed E-state index contributed by atoms with van der Waals surface area (Å²) in [5.41, 5.74) is 1.72. The predicted octanol–water partition coefficient (Wildman–Crippen LogP) is 4.42. The van der Waals surface area contributed by atoms with Crippen LogP contribution >= 0.6 is 0 Å². The van der Waals surface area contributed by atoms with E-state index in [2.05, 4.69) is 15.3 Å². The summed E-state index contributed by atoms with van der Waals surface area (Å²) in [6, 6.07) is 13.2. The highest BCUT2D eigenvalue weighted by atomic mass is 16.5. The number of pyridine rings is 1. The fourth-order valence-electron chi connectivity index (χ4n) is 2.87. The topological polar surface area (TPSA) is 127 Å². The lowest BCUT2D eigenvalue weighted by atomic mass is 10.2. The SMILES string of the molecule is COc1ccoc1C(=O)Nc1cccc(Oc2ccnc(-c3cc(C(=O)O)c[nH]3)c2)c1. The van der Waals surface area contributed by atoms with Gasteiger partial charge >= 0.3 is 5.97 Å². The Kier molecular flexibility index (Phi) is 5.39. The molecule has 0 radical (unpaired) electrons. The molecule has 0 aliphatic heterocycles. The Morgan fingerprint density at radius 1 is 1.13 bits per heavy atom. The van der Waals surface area contributed by atoms with Crippen LogP contribution in [-0.2, 0) is 0 Å². The smallest absolute Gasteiger partial charge is 0.337 e. The number of aromatic amines is 1. The Hall–Kier alpha value is -4.53. The number of carbonyl (C=O) groups is 2. The van der Waals surface area contributed by atoms with Gasteiger partial charge in [-0.1, -0.05) is 6.07 Å². The predicted molar refractivity (Wildman–Crippen MR) is 111 cm³/mol. The summed E-state index contributed by atoms with van der Waals surface area (Å²) in [6.07, 6.45) is 4.33. The van der Waals surface area contributed by atoms with E-state index in [1.165, 1.54) is 25.6 Å². The van der Waals surface area contributed by atoms with Gasteiger partial charge in [-0.25, -0.2) is 4.79 Å². The summed E-state index contributed by atoms with van der Waals surface area (Å²) < 4.78 is 16.1. The number of methoxy groups -OCH3 is 1. The molecule has 9 nitrogen and oxygen atoms in total. The number of amides is 1. The minimum atomic E-state index is -1.03. The van der Waals surface area contributed by atoms with Crippen molar-refractivity contribution in [3.05, 3.63) is 78.5 Å². The highest BCUT2D eigenvalue weighted by molar-refractivity contribution is 6.04. The Bertz CT molecular complexity index is 1240. The molecule has 0 saturated heterocycles. The number of H-pyrrole nitrogens is 1. The molecule has 4 rings (SSSR count). The number of furan rings is 1. The van der Waals surface area contributed by atoms with E-state index >= 15 is 0 Å². The van der Waals surface area contributed by atoms with Crippen LogP contribution in [0.25, 0.3) is 11.4 Å². The first kappa shape index (κ1) is 19.8. The minimum Gasteiger partial charge on any atom is -0.493 e. The van der Waals surface area contributed by atoms with Gasteiger partial charge in [-0.3, -0.25) is 9.78 Å². The van der Waals surface area contributed by atoms with Crippen LogP contribution in [0.4, 0.5) is 5.69 Å². The number of carbonyl (C=O) groups excluding carboxylic acids is 1. The molecular formula is C22H17N3O6. The molecule has 0 aliphatic rings. The molecule has 0 bridgehead atoms. The van der Waals surface area contributed by atoms with Crippen LogP contribution in [0.5, 0.6) is 17.2 Å². The molecule has 0 saturated carbocycles. The maximum Gasteiger partial charge on any atom is 0.337 e. The number of ether oxygens (including phenoxy) is 2. The molecular weight excluding hydrogens is 402 g/mol. The van der Waals surface area contributed by atoms with Gasteiger partial charge in [0.2, 0.25) is 5.76 Å². The normalized spacial score (nSPS) is 10.5. The molecule has 0 fully saturated rings. The van der Waals surface area contributed by atoms with E-state index in [0.717, 1.165) is 0 Å². The van der Waals surface area contributed by atoms with Crippen molar-refractivity contribution in [1.82, 2.24) is 9.97 Å². The van der Waals surface area contributed by atoms with Crippen LogP contribution in [-0.4, -0.2) is 34.1 Å². The monoisotopic (exact) mass is 419 g/mol. The standard InChI is InChI=1S/C22H17N3O6/c1-29-19-6-8-30-20(19)21(26)25-14-3-2-4-15(10-14)31-16-5-7-23-18(11-16)17-9-13(12-24-17)22(27)28/h2-12,24H,1H3,(H,25,26)(H,27,28). The molecule has 0 unspecified atom stereocenters. The van der Waals surface area contributed by atoms with Gasteiger partial charge in [0, 0.05) is 36.3 Å². The summed E-state index contributed by atoms with van der Waals surface area (Å²) in [5, 5.41) is 11.8. The van der Waals surface area contributed by atoms with Crippen molar-refractivity contribution in [2.24, 2.45) is 0 Å². The number of carboxylic acids is 1. The van der Waals surface area contributed by atoms with E-state index in [1.807, 2.05) is 0 Å². The first-order valence-corrected chi connectivity index (χ1v) is 9.12. The third-order valence-electron chi connectivity index (χ3n) is 4.32. The number of aromatic carboxylic acids is 1. The van der Waals surface area contributed by atoms with E-state index in [4.69, 9.17) is 19.0 Å². The number of nitrogens with zero attached hydrogens (tertiary/aromatic N) is 1. The number of aromatic nitrogens is 2. The van der Waals surface area contributed by atoms with Crippen molar-refractivity contribution in [1.29, 1.82) is 0 Å². The van der Waals surface area contributed by atoms with Crippen LogP contribution < -0.4 is 14.8 Å². The summed E-state index contributed by atoms with van der Waals surface area (Å²) in [7, 11) is 1.45. The van der Waals surface area contributed by atoms with Gasteiger partial charge in [0.05, 0.1) is 30.3 Å². The molecule has 0 atom stereocenters. The van der Waals surface area contributed by atoms with Crippen LogP contribution in [0.1, 0.15) is 20.9 Å². The van der Waals surface area contributed by atoms with Gasteiger partial charge in [-0.15, -0.1) is 0 Å². The van der Waals surface area contributed by atoms with Gasteiger partial charge < -0.3 is 29.3 Å². The van der Waals surface area contributed by atoms with Crippen LogP contribution in [0.2, 0.25) is 0 Å². The molecule has 156 valence electrons. The Balaban J connectivity index is 1.50. The zero-order valence-corrected chi connectivity index (χ0v) is 16.3. The third kappa shape index (κ3) is 4.40. The fraction of sp³-hybridized carbons (Fsp3) is 0.0455. The second kappa shape index (κ2) is 8.46. The molecule has 0 spiro atoms. The molecule has 3 aromatic heterocycles. The van der Waals surface area contributed by atoms with E-state index in [-0.39, 0.29) is 11.3 Å². The van der Waals surface area contributed by atoms with Crippen molar-refractivity contribution in [2.75, 3.05) is 12.4 Å². The maximum atomic E-state index is 12.4. The number of hydrogen-bond donors (Lipinski definition) is 3. The second-order valence-electron chi connectivity index (χ2n) is 6.39. The van der Waals surface area contributed by atoms with Gasteiger partial charge in [-0.05, 0) is 24.3 Å². The highest BCUT2D eigenvalue weighted by Crippen LogP contribution is 2.28. The van der Waals surface area contributed by atoms with Crippen LogP contribution in [0, 0.1) is 0 Å². The molecule has 0 aliphatic carbocycles. The lowest BCUT2D eigenvalue weighted by Crippen LogP contribution is -2.11. The van der Waals surface area contributed by atoms with Gasteiger partial charge in [-0.2, -0.15) is 0 Å². The number of rotatable bonds is 7. The lowest BCUT2D eigenvalue weighted by Gasteiger charge is -2.09. The summed E-state index contributed by atoms with van der Waals surface area (Å²) in [6.45, 7) is 0. The largest absolute Gasteiger partial charge is 0.493 e. The first-order valence-electron chi connectivity index (χ1n) is 9.12. The summed E-state index contributed by atoms with van der Waals surface area (Å²) in [4.78, 5) is 30.6. The average Bonchev–Trinajstić information content (AvgIpc) is 3.44. The van der Waals surface area contributed by atoms with Gasteiger partial charge in [0.1, 0.15) is 11.5 Å². The highest BCUT2D eigenvalue weighted by Gasteiger charge is 2.16. The minimum absolute atomic E-state index is 0.0688. The van der Waals surface area contributed by atoms with E-state index in [0.29, 0.717) is 34.3 Å². The zero-order valence-electron chi connectivity index (χ0n) is 16.3.